The molecule has 130 valence electrons. The summed E-state index contributed by atoms with van der Waals surface area (Å²) in [7, 11) is 0. The summed E-state index contributed by atoms with van der Waals surface area (Å²) < 4.78 is 11.6. The zero-order valence-electron chi connectivity index (χ0n) is 14.5. The van der Waals surface area contributed by atoms with Gasteiger partial charge in [-0.15, -0.1) is 0 Å². The Labute approximate surface area is 146 Å². The van der Waals surface area contributed by atoms with E-state index in [0.29, 0.717) is 0 Å². The summed E-state index contributed by atoms with van der Waals surface area (Å²) in [6.45, 7) is 7.17. The van der Waals surface area contributed by atoms with Crippen molar-refractivity contribution in [2.24, 2.45) is 0 Å². The van der Waals surface area contributed by atoms with Crippen molar-refractivity contribution in [3.8, 4) is 17.1 Å². The molecule has 0 bridgehead atoms. The number of morpholine rings is 1. The van der Waals surface area contributed by atoms with Gasteiger partial charge in [0.05, 0.1) is 25.0 Å². The molecule has 0 spiro atoms. The van der Waals surface area contributed by atoms with E-state index in [1.54, 1.807) is 0 Å². The number of H-pyrrole nitrogens is 1. The average Bonchev–Trinajstić information content (AvgIpc) is 3.16. The highest BCUT2D eigenvalue weighted by Gasteiger charge is 2.18. The lowest BCUT2D eigenvalue weighted by Gasteiger charge is -2.28. The van der Waals surface area contributed by atoms with E-state index in [-0.39, 0.29) is 6.10 Å². The van der Waals surface area contributed by atoms with Gasteiger partial charge in [-0.05, 0) is 32.0 Å². The van der Waals surface area contributed by atoms with E-state index in [4.69, 9.17) is 14.5 Å². The molecule has 0 aliphatic carbocycles. The van der Waals surface area contributed by atoms with Crippen molar-refractivity contribution in [1.29, 1.82) is 0 Å². The van der Waals surface area contributed by atoms with E-state index < -0.39 is 0 Å². The first kappa shape index (κ1) is 15.9. The number of aromatic amines is 1. The van der Waals surface area contributed by atoms with Crippen LogP contribution in [0.4, 0.5) is 5.82 Å². The molecule has 3 aromatic heterocycles. The first-order chi connectivity index (χ1) is 12.2. The molecule has 4 heterocycles. The van der Waals surface area contributed by atoms with Crippen LogP contribution in [0.3, 0.4) is 0 Å². The minimum Gasteiger partial charge on any atom is -0.490 e. The van der Waals surface area contributed by atoms with Gasteiger partial charge in [0.2, 0.25) is 0 Å². The second-order valence-electron chi connectivity index (χ2n) is 6.38. The van der Waals surface area contributed by atoms with Crippen LogP contribution in [-0.4, -0.2) is 47.4 Å². The normalized spacial score (nSPS) is 15.1. The molecule has 3 aromatic rings. The van der Waals surface area contributed by atoms with Crippen LogP contribution < -0.4 is 9.64 Å². The molecule has 0 saturated carbocycles. The maximum absolute atomic E-state index is 6.10. The second kappa shape index (κ2) is 6.72. The Morgan fingerprint density at radius 3 is 2.80 bits per heavy atom. The average molecular weight is 338 g/mol. The standard InChI is InChI=1S/C19H22N4O2/c1-13(2)25-16-12-17(23-8-10-24-11-9-23)22-18-14(16)5-7-21-19(18)15-4-3-6-20-15/h3-7,12-13,20H,8-11H2,1-2H3. The van der Waals surface area contributed by atoms with Crippen molar-refractivity contribution in [3.05, 3.63) is 36.7 Å². The quantitative estimate of drug-likeness (QED) is 0.791. The van der Waals surface area contributed by atoms with Gasteiger partial charge >= 0.3 is 0 Å². The van der Waals surface area contributed by atoms with Crippen molar-refractivity contribution in [1.82, 2.24) is 15.0 Å². The number of nitrogens with one attached hydrogen (secondary N) is 1. The molecule has 1 saturated heterocycles. The second-order valence-corrected chi connectivity index (χ2v) is 6.38. The summed E-state index contributed by atoms with van der Waals surface area (Å²) in [5.74, 6) is 1.75. The molecule has 0 aromatic carbocycles. The molecule has 1 fully saturated rings. The summed E-state index contributed by atoms with van der Waals surface area (Å²) in [4.78, 5) is 15.0. The third-order valence-electron chi connectivity index (χ3n) is 4.23. The fourth-order valence-corrected chi connectivity index (χ4v) is 3.09. The zero-order chi connectivity index (χ0) is 17.2. The predicted octanol–water partition coefficient (Wildman–Crippen LogP) is 3.25. The number of hydrogen-bond acceptors (Lipinski definition) is 5. The number of pyridine rings is 2. The Bertz CT molecular complexity index is 855. The zero-order valence-corrected chi connectivity index (χ0v) is 14.5. The number of nitrogens with zero attached hydrogens (tertiary/aromatic N) is 3. The third-order valence-corrected chi connectivity index (χ3v) is 4.23. The van der Waals surface area contributed by atoms with Gasteiger partial charge in [0.1, 0.15) is 22.8 Å². The summed E-state index contributed by atoms with van der Waals surface area (Å²) in [6, 6.07) is 7.97. The number of hydrogen-bond donors (Lipinski definition) is 1. The number of anilines is 1. The Morgan fingerprint density at radius 1 is 1.24 bits per heavy atom. The Morgan fingerprint density at radius 2 is 2.08 bits per heavy atom. The fraction of sp³-hybridized carbons (Fsp3) is 0.368. The summed E-state index contributed by atoms with van der Waals surface area (Å²) >= 11 is 0. The lowest BCUT2D eigenvalue weighted by molar-refractivity contribution is 0.122. The van der Waals surface area contributed by atoms with Gasteiger partial charge in [0.15, 0.2) is 0 Å². The van der Waals surface area contributed by atoms with E-state index in [1.165, 1.54) is 0 Å². The maximum Gasteiger partial charge on any atom is 0.133 e. The van der Waals surface area contributed by atoms with Gasteiger partial charge in [0, 0.05) is 36.9 Å². The van der Waals surface area contributed by atoms with Crippen LogP contribution in [0.1, 0.15) is 13.8 Å². The minimum atomic E-state index is 0.0882. The molecule has 1 N–H and O–H groups in total. The number of fused-ring (bicyclic) bond motifs is 1. The molecule has 0 amide bonds. The predicted molar refractivity (Wildman–Crippen MR) is 98.1 cm³/mol. The van der Waals surface area contributed by atoms with E-state index in [9.17, 15) is 0 Å². The highest BCUT2D eigenvalue weighted by molar-refractivity contribution is 5.95. The highest BCUT2D eigenvalue weighted by atomic mass is 16.5. The summed E-state index contributed by atoms with van der Waals surface area (Å²) in [5.41, 5.74) is 2.64. The van der Waals surface area contributed by atoms with Gasteiger partial charge < -0.3 is 19.4 Å². The van der Waals surface area contributed by atoms with Crippen molar-refractivity contribution >= 4 is 16.7 Å². The Balaban J connectivity index is 1.90. The van der Waals surface area contributed by atoms with Gasteiger partial charge in [-0.3, -0.25) is 4.98 Å². The van der Waals surface area contributed by atoms with Crippen molar-refractivity contribution < 1.29 is 9.47 Å². The lowest BCUT2D eigenvalue weighted by atomic mass is 10.1. The number of aromatic nitrogens is 3. The van der Waals surface area contributed by atoms with Crippen LogP contribution in [-0.2, 0) is 4.74 Å². The van der Waals surface area contributed by atoms with Crippen LogP contribution in [0, 0.1) is 0 Å². The van der Waals surface area contributed by atoms with E-state index in [0.717, 1.165) is 60.2 Å². The van der Waals surface area contributed by atoms with Crippen LogP contribution in [0.5, 0.6) is 5.75 Å². The molecule has 0 atom stereocenters. The highest BCUT2D eigenvalue weighted by Crippen LogP contribution is 2.34. The largest absolute Gasteiger partial charge is 0.490 e. The SMILES string of the molecule is CC(C)Oc1cc(N2CCOCC2)nc2c(-c3ccc[nH]3)nccc12. The van der Waals surface area contributed by atoms with Crippen LogP contribution in [0.15, 0.2) is 36.7 Å². The monoisotopic (exact) mass is 338 g/mol. The third kappa shape index (κ3) is 3.17. The molecule has 0 unspecified atom stereocenters. The molecule has 1 aliphatic heterocycles. The van der Waals surface area contributed by atoms with E-state index >= 15 is 0 Å². The molecule has 1 aliphatic rings. The van der Waals surface area contributed by atoms with Crippen molar-refractivity contribution in [3.63, 3.8) is 0 Å². The molecule has 25 heavy (non-hydrogen) atoms. The molecule has 6 nitrogen and oxygen atoms in total. The Hall–Kier alpha value is -2.60. The first-order valence-electron chi connectivity index (χ1n) is 8.65. The minimum absolute atomic E-state index is 0.0882. The summed E-state index contributed by atoms with van der Waals surface area (Å²) in [6.07, 6.45) is 3.79. The summed E-state index contributed by atoms with van der Waals surface area (Å²) in [5, 5.41) is 0.977. The molecule has 6 heteroatoms. The van der Waals surface area contributed by atoms with Crippen LogP contribution in [0.25, 0.3) is 22.3 Å². The van der Waals surface area contributed by atoms with Gasteiger partial charge in [0.25, 0.3) is 0 Å². The van der Waals surface area contributed by atoms with E-state index in [1.807, 2.05) is 50.5 Å². The van der Waals surface area contributed by atoms with Crippen LogP contribution in [0.2, 0.25) is 0 Å². The van der Waals surface area contributed by atoms with Gasteiger partial charge in [-0.25, -0.2) is 4.98 Å². The Kier molecular flexibility index (Phi) is 4.28. The van der Waals surface area contributed by atoms with Crippen molar-refractivity contribution in [2.45, 2.75) is 20.0 Å². The first-order valence-corrected chi connectivity index (χ1v) is 8.65. The van der Waals surface area contributed by atoms with E-state index in [2.05, 4.69) is 14.9 Å². The molecule has 4 rings (SSSR count). The maximum atomic E-state index is 6.10. The van der Waals surface area contributed by atoms with Gasteiger partial charge in [-0.2, -0.15) is 0 Å². The molecule has 0 radical (unpaired) electrons. The smallest absolute Gasteiger partial charge is 0.133 e. The van der Waals surface area contributed by atoms with Crippen LogP contribution >= 0.6 is 0 Å². The van der Waals surface area contributed by atoms with Crippen molar-refractivity contribution in [2.75, 3.05) is 31.2 Å². The number of rotatable bonds is 4. The fourth-order valence-electron chi connectivity index (χ4n) is 3.09. The van der Waals surface area contributed by atoms with Gasteiger partial charge in [-0.1, -0.05) is 0 Å². The lowest BCUT2D eigenvalue weighted by Crippen LogP contribution is -2.36. The molecular weight excluding hydrogens is 316 g/mol. The topological polar surface area (TPSA) is 63.3 Å². The molecular formula is C19H22N4O2. The number of ether oxygens (including phenoxy) is 2.